The highest BCUT2D eigenvalue weighted by Crippen LogP contribution is 1.92. The summed E-state index contributed by atoms with van der Waals surface area (Å²) in [5, 5.41) is 3.82. The molecular formula is C4H6FN4O3S. The molecule has 0 bridgehead atoms. The lowest BCUT2D eigenvalue weighted by atomic mass is 10.6. The van der Waals surface area contributed by atoms with Crippen molar-refractivity contribution in [1.82, 2.24) is 16.1 Å². The Morgan fingerprint density at radius 1 is 1.85 bits per heavy atom. The maximum Gasteiger partial charge on any atom is 0.279 e. The number of hydrogen-bond acceptors (Lipinski definition) is 6. The van der Waals surface area contributed by atoms with Crippen LogP contribution in [0, 0.1) is 6.20 Å². The fourth-order valence-electron chi connectivity index (χ4n) is 0.520. The lowest BCUT2D eigenvalue weighted by Gasteiger charge is -2.19. The molecule has 0 amide bonds. The summed E-state index contributed by atoms with van der Waals surface area (Å²) in [5.41, 5.74) is 4.30. The van der Waals surface area contributed by atoms with Crippen LogP contribution in [0.3, 0.4) is 0 Å². The van der Waals surface area contributed by atoms with Gasteiger partial charge in [0.15, 0.2) is 0 Å². The van der Waals surface area contributed by atoms with Crippen molar-refractivity contribution in [2.75, 3.05) is 5.88 Å². The van der Waals surface area contributed by atoms with Gasteiger partial charge in [-0.05, 0) is 0 Å². The molecule has 0 atom stereocenters. The summed E-state index contributed by atoms with van der Waals surface area (Å²) >= 11 is 0. The largest absolute Gasteiger partial charge is 0.285 e. The molecule has 13 heavy (non-hydrogen) atoms. The zero-order chi connectivity index (χ0) is 9.90. The number of hydrazone groups is 1. The molecule has 0 fully saturated rings. The molecule has 0 saturated heterocycles. The number of hydrazine groups is 2. The third kappa shape index (κ3) is 3.83. The first kappa shape index (κ1) is 9.89. The average molecular weight is 209 g/mol. The van der Waals surface area contributed by atoms with Crippen LogP contribution in [0.25, 0.3) is 0 Å². The van der Waals surface area contributed by atoms with Crippen LogP contribution >= 0.6 is 0 Å². The van der Waals surface area contributed by atoms with Crippen molar-refractivity contribution in [3.63, 3.8) is 0 Å². The van der Waals surface area contributed by atoms with Gasteiger partial charge < -0.3 is 0 Å². The van der Waals surface area contributed by atoms with E-state index >= 15 is 0 Å². The van der Waals surface area contributed by atoms with Crippen LogP contribution in [0.15, 0.2) is 11.2 Å². The zero-order valence-electron chi connectivity index (χ0n) is 6.23. The molecule has 1 rings (SSSR count). The summed E-state index contributed by atoms with van der Waals surface area (Å²) in [6.45, 7) is 0. The minimum atomic E-state index is -4.16. The first-order valence-electron chi connectivity index (χ1n) is 3.05. The Hall–Kier alpha value is -1.19. The van der Waals surface area contributed by atoms with Gasteiger partial charge in [-0.25, -0.2) is 0 Å². The minimum Gasteiger partial charge on any atom is -0.285 e. The van der Waals surface area contributed by atoms with Gasteiger partial charge in [0.25, 0.3) is 10.1 Å². The van der Waals surface area contributed by atoms with Crippen LogP contribution in [-0.2, 0) is 10.1 Å². The Morgan fingerprint density at radius 2 is 2.54 bits per heavy atom. The highest BCUT2D eigenvalue weighted by atomic mass is 32.2. The Balaban J connectivity index is 2.44. The van der Waals surface area contributed by atoms with Gasteiger partial charge in [-0.2, -0.15) is 18.2 Å². The molecule has 1 aliphatic heterocycles. The van der Waals surface area contributed by atoms with Gasteiger partial charge in [-0.1, -0.05) is 0 Å². The smallest absolute Gasteiger partial charge is 0.279 e. The van der Waals surface area contributed by atoms with Gasteiger partial charge in [0.2, 0.25) is 5.97 Å². The van der Waals surface area contributed by atoms with E-state index in [1.165, 1.54) is 0 Å². The van der Waals surface area contributed by atoms with Crippen molar-refractivity contribution in [2.45, 2.75) is 0 Å². The molecule has 0 saturated carbocycles. The molecule has 3 N–H and O–H groups in total. The highest BCUT2D eigenvalue weighted by molar-refractivity contribution is 7.85. The van der Waals surface area contributed by atoms with Gasteiger partial charge in [0.05, 0.1) is 6.20 Å². The van der Waals surface area contributed by atoms with Gasteiger partial charge in [0.1, 0.15) is 5.88 Å². The Kier molecular flexibility index (Phi) is 2.80. The summed E-state index contributed by atoms with van der Waals surface area (Å²) in [5.74, 6) is -1.63. The van der Waals surface area contributed by atoms with E-state index in [1.54, 1.807) is 0 Å². The van der Waals surface area contributed by atoms with Crippen molar-refractivity contribution in [2.24, 2.45) is 5.10 Å². The Labute approximate surface area is 73.6 Å². The second-order valence-corrected chi connectivity index (χ2v) is 3.47. The molecule has 1 aliphatic rings. The summed E-state index contributed by atoms with van der Waals surface area (Å²) in [7, 11) is -4.16. The van der Waals surface area contributed by atoms with E-state index in [-0.39, 0.29) is 0 Å². The van der Waals surface area contributed by atoms with Crippen LogP contribution in [0.2, 0.25) is 0 Å². The molecule has 1 heterocycles. The molecule has 7 nitrogen and oxygen atoms in total. The molecule has 0 aliphatic carbocycles. The zero-order valence-corrected chi connectivity index (χ0v) is 7.05. The van der Waals surface area contributed by atoms with E-state index in [9.17, 15) is 12.8 Å². The number of halogens is 1. The summed E-state index contributed by atoms with van der Waals surface area (Å²) in [6.07, 6.45) is 3.15. The van der Waals surface area contributed by atoms with Crippen molar-refractivity contribution in [1.29, 1.82) is 0 Å². The number of hydrogen-bond donors (Lipinski definition) is 3. The maximum absolute atomic E-state index is 12.4. The van der Waals surface area contributed by atoms with Gasteiger partial charge in [-0.3, -0.25) is 9.98 Å². The molecule has 0 aromatic rings. The fraction of sp³-hybridized carbons (Fsp3) is 0.250. The summed E-state index contributed by atoms with van der Waals surface area (Å²) < 4.78 is 41.1. The van der Waals surface area contributed by atoms with Crippen LogP contribution in [0.4, 0.5) is 4.39 Å². The van der Waals surface area contributed by atoms with E-state index in [0.29, 0.717) is 5.23 Å². The predicted molar refractivity (Wildman–Crippen MR) is 40.9 cm³/mol. The van der Waals surface area contributed by atoms with E-state index in [0.717, 1.165) is 6.08 Å². The molecule has 0 aromatic carbocycles. The highest BCUT2D eigenvalue weighted by Gasteiger charge is 2.09. The van der Waals surface area contributed by atoms with E-state index in [2.05, 4.69) is 22.2 Å². The molecule has 73 valence electrons. The number of rotatable bonds is 3. The molecular weight excluding hydrogens is 203 g/mol. The van der Waals surface area contributed by atoms with Crippen LogP contribution < -0.4 is 10.9 Å². The fourth-order valence-corrected chi connectivity index (χ4v) is 0.805. The van der Waals surface area contributed by atoms with Crippen molar-refractivity contribution in [3.8, 4) is 0 Å². The Morgan fingerprint density at radius 3 is 3.08 bits per heavy atom. The third-order valence-corrected chi connectivity index (χ3v) is 1.45. The van der Waals surface area contributed by atoms with Crippen molar-refractivity contribution in [3.05, 3.63) is 12.3 Å². The number of nitrogens with zero attached hydrogens (tertiary/aromatic N) is 2. The summed E-state index contributed by atoms with van der Waals surface area (Å²) in [6, 6.07) is 0. The topological polar surface area (TPSA) is 94.0 Å². The SMILES string of the molecule is O=S(=O)(O)CNN1N=C(F)C=[C]N1. The van der Waals surface area contributed by atoms with Crippen LogP contribution in [0.5, 0.6) is 0 Å². The second-order valence-electron chi connectivity index (χ2n) is 2.02. The van der Waals surface area contributed by atoms with Crippen LogP contribution in [-0.4, -0.2) is 30.0 Å². The normalized spacial score (nSPS) is 16.8. The molecule has 9 heteroatoms. The second kappa shape index (κ2) is 3.68. The minimum absolute atomic E-state index is 0.670. The quantitative estimate of drug-likeness (QED) is 0.503. The Bertz CT molecular complexity index is 337. The molecule has 0 aromatic heterocycles. The first-order chi connectivity index (χ1) is 5.97. The average Bonchev–Trinajstić information content (AvgIpc) is 2.00. The van der Waals surface area contributed by atoms with Crippen LogP contribution in [0.1, 0.15) is 0 Å². The lowest BCUT2D eigenvalue weighted by molar-refractivity contribution is 0.148. The van der Waals surface area contributed by atoms with Gasteiger partial charge in [-0.15, -0.1) is 10.3 Å². The predicted octanol–water partition coefficient (Wildman–Crippen LogP) is -1.24. The van der Waals surface area contributed by atoms with Crippen molar-refractivity contribution >= 4 is 16.1 Å². The molecule has 0 spiro atoms. The van der Waals surface area contributed by atoms with Gasteiger partial charge in [0, 0.05) is 6.08 Å². The molecule has 0 unspecified atom stereocenters. The van der Waals surface area contributed by atoms with E-state index < -0.39 is 22.0 Å². The number of allylic oxidation sites excluding steroid dienone is 1. The van der Waals surface area contributed by atoms with E-state index in [1.807, 2.05) is 0 Å². The first-order valence-corrected chi connectivity index (χ1v) is 4.65. The maximum atomic E-state index is 12.4. The van der Waals surface area contributed by atoms with Crippen molar-refractivity contribution < 1.29 is 17.4 Å². The van der Waals surface area contributed by atoms with Gasteiger partial charge >= 0.3 is 0 Å². The molecule has 1 radical (unpaired) electrons. The lowest BCUT2D eigenvalue weighted by Crippen LogP contribution is -2.45. The third-order valence-electron chi connectivity index (χ3n) is 0.954. The summed E-state index contributed by atoms with van der Waals surface area (Å²) in [4.78, 5) is 0. The number of nitrogens with one attached hydrogen (secondary N) is 2. The standard InChI is InChI=1S/C4H6FN4O3S/c5-4-1-2-6-9(8-4)7-3-13(10,11)12/h1,6-7H,3H2,(H,10,11,12). The monoisotopic (exact) mass is 209 g/mol. The van der Waals surface area contributed by atoms with E-state index in [4.69, 9.17) is 4.55 Å².